The molecule has 0 radical (unpaired) electrons. The van der Waals surface area contributed by atoms with Crippen LogP contribution in [0.15, 0.2) is 4.99 Å². The summed E-state index contributed by atoms with van der Waals surface area (Å²) in [7, 11) is 0. The van der Waals surface area contributed by atoms with Crippen molar-refractivity contribution in [3.63, 3.8) is 0 Å². The molecule has 0 aromatic heterocycles. The summed E-state index contributed by atoms with van der Waals surface area (Å²) in [6.07, 6.45) is -1.78. The third kappa shape index (κ3) is 7.66. The smallest absolute Gasteiger partial charge is 0.353 e. The van der Waals surface area contributed by atoms with Crippen molar-refractivity contribution in [2.45, 2.75) is 119 Å². The van der Waals surface area contributed by atoms with Gasteiger partial charge in [-0.2, -0.15) is 13.2 Å². The van der Waals surface area contributed by atoms with Crippen LogP contribution in [-0.4, -0.2) is 54.0 Å². The van der Waals surface area contributed by atoms with Gasteiger partial charge in [-0.05, 0) is 70.1 Å². The molecular weight excluding hydrogens is 505 g/mol. The number of hydrogen-bond acceptors (Lipinski definition) is 4. The Morgan fingerprint density at radius 3 is 2.33 bits per heavy atom. The maximum absolute atomic E-state index is 14.1. The molecule has 206 valence electrons. The summed E-state index contributed by atoms with van der Waals surface area (Å²) < 4.78 is 67.4. The zero-order valence-corrected chi connectivity index (χ0v) is 21.1. The van der Waals surface area contributed by atoms with E-state index in [0.717, 1.165) is 12.8 Å². The Kier molecular flexibility index (Phi) is 9.36. The summed E-state index contributed by atoms with van der Waals surface area (Å²) in [6.45, 7) is 0. The van der Waals surface area contributed by atoms with Crippen molar-refractivity contribution in [2.24, 2.45) is 22.7 Å². The third-order valence-electron chi connectivity index (χ3n) is 8.15. The van der Waals surface area contributed by atoms with E-state index in [4.69, 9.17) is 11.6 Å². The molecule has 4 aliphatic rings. The molecule has 7 unspecified atom stereocenters. The van der Waals surface area contributed by atoms with Crippen LogP contribution in [0, 0.1) is 17.8 Å². The first-order chi connectivity index (χ1) is 17.1. The second kappa shape index (κ2) is 12.1. The minimum atomic E-state index is -4.32. The average molecular weight is 542 g/mol. The Hall–Kier alpha value is -1.20. The van der Waals surface area contributed by atoms with E-state index in [0.29, 0.717) is 44.4 Å². The fourth-order valence-electron chi connectivity index (χ4n) is 6.14. The molecule has 1 saturated heterocycles. The van der Waals surface area contributed by atoms with Crippen LogP contribution in [0.2, 0.25) is 0 Å². The summed E-state index contributed by atoms with van der Waals surface area (Å²) in [4.78, 5) is 17.6. The zero-order valence-electron chi connectivity index (χ0n) is 20.3. The SMILES string of the molecule is O=C(N/C(=N/C1CC(C2CCC(F)CC2)NN1)NC1CC(F)CC(Cl)C1)C1CCCC(C(F)(F)F)C1. The van der Waals surface area contributed by atoms with Crippen LogP contribution in [-0.2, 0) is 4.79 Å². The second-order valence-corrected chi connectivity index (χ2v) is 11.6. The fourth-order valence-corrected chi connectivity index (χ4v) is 6.55. The Morgan fingerprint density at radius 2 is 1.64 bits per heavy atom. The van der Waals surface area contributed by atoms with Gasteiger partial charge in [-0.15, -0.1) is 11.6 Å². The summed E-state index contributed by atoms with van der Waals surface area (Å²) in [5, 5.41) is 5.47. The quantitative estimate of drug-likeness (QED) is 0.181. The maximum atomic E-state index is 14.1. The van der Waals surface area contributed by atoms with Gasteiger partial charge in [0, 0.05) is 29.8 Å². The fraction of sp³-hybridized carbons (Fsp3) is 0.917. The molecule has 1 amide bonds. The molecule has 1 heterocycles. The highest BCUT2D eigenvalue weighted by Gasteiger charge is 2.44. The van der Waals surface area contributed by atoms with Gasteiger partial charge in [0.05, 0.1) is 5.92 Å². The Labute approximate surface area is 213 Å². The highest BCUT2D eigenvalue weighted by Crippen LogP contribution is 2.40. The first-order valence-electron chi connectivity index (χ1n) is 13.2. The number of carbonyl (C=O) groups excluding carboxylic acids is 1. The molecule has 3 saturated carbocycles. The van der Waals surface area contributed by atoms with Crippen molar-refractivity contribution in [1.29, 1.82) is 0 Å². The van der Waals surface area contributed by atoms with Crippen LogP contribution in [0.25, 0.3) is 0 Å². The summed E-state index contributed by atoms with van der Waals surface area (Å²) in [5.74, 6) is -2.31. The highest BCUT2D eigenvalue weighted by atomic mass is 35.5. The van der Waals surface area contributed by atoms with Gasteiger partial charge < -0.3 is 5.32 Å². The van der Waals surface area contributed by atoms with E-state index < -0.39 is 42.4 Å². The molecule has 12 heteroatoms. The Bertz CT molecular complexity index is 768. The van der Waals surface area contributed by atoms with Crippen molar-refractivity contribution in [3.05, 3.63) is 0 Å². The number of hydrogen-bond donors (Lipinski definition) is 4. The third-order valence-corrected chi connectivity index (χ3v) is 8.51. The van der Waals surface area contributed by atoms with Crippen molar-refractivity contribution in [2.75, 3.05) is 0 Å². The van der Waals surface area contributed by atoms with Gasteiger partial charge in [-0.1, -0.05) is 6.42 Å². The van der Waals surface area contributed by atoms with Gasteiger partial charge in [0.15, 0.2) is 5.96 Å². The lowest BCUT2D eigenvalue weighted by Gasteiger charge is -2.32. The molecule has 6 nitrogen and oxygen atoms in total. The predicted molar refractivity (Wildman–Crippen MR) is 128 cm³/mol. The minimum absolute atomic E-state index is 0.0346. The number of nitrogens with zero attached hydrogens (tertiary/aromatic N) is 1. The number of amides is 1. The molecule has 0 aromatic rings. The summed E-state index contributed by atoms with van der Waals surface area (Å²) in [5.41, 5.74) is 6.34. The minimum Gasteiger partial charge on any atom is -0.353 e. The predicted octanol–water partition coefficient (Wildman–Crippen LogP) is 4.64. The van der Waals surface area contributed by atoms with Gasteiger partial charge in [-0.25, -0.2) is 19.2 Å². The van der Waals surface area contributed by atoms with Crippen molar-refractivity contribution < 1.29 is 26.7 Å². The molecular formula is C24H37ClF5N5O. The molecule has 0 bridgehead atoms. The lowest BCUT2D eigenvalue weighted by Crippen LogP contribution is -2.51. The number of halogens is 6. The van der Waals surface area contributed by atoms with Gasteiger partial charge in [-0.3, -0.25) is 15.5 Å². The first-order valence-corrected chi connectivity index (χ1v) is 13.7. The number of guanidine groups is 1. The first kappa shape index (κ1) is 27.8. The van der Waals surface area contributed by atoms with E-state index >= 15 is 0 Å². The Balaban J connectivity index is 1.42. The molecule has 1 aliphatic heterocycles. The molecule has 4 fully saturated rings. The van der Waals surface area contributed by atoms with Crippen LogP contribution in [0.3, 0.4) is 0 Å². The van der Waals surface area contributed by atoms with Crippen LogP contribution in [0.5, 0.6) is 0 Å². The summed E-state index contributed by atoms with van der Waals surface area (Å²) >= 11 is 6.20. The van der Waals surface area contributed by atoms with E-state index in [1.165, 1.54) is 0 Å². The van der Waals surface area contributed by atoms with Gasteiger partial charge >= 0.3 is 6.18 Å². The molecule has 4 rings (SSSR count). The number of hydrazine groups is 1. The van der Waals surface area contributed by atoms with E-state index in [2.05, 4.69) is 26.5 Å². The number of carbonyl (C=O) groups is 1. The van der Waals surface area contributed by atoms with E-state index in [-0.39, 0.29) is 49.1 Å². The largest absolute Gasteiger partial charge is 0.391 e. The van der Waals surface area contributed by atoms with Crippen LogP contribution in [0.1, 0.15) is 77.0 Å². The Morgan fingerprint density at radius 1 is 0.889 bits per heavy atom. The van der Waals surface area contributed by atoms with Crippen LogP contribution < -0.4 is 21.5 Å². The van der Waals surface area contributed by atoms with Crippen LogP contribution >= 0.6 is 11.6 Å². The standard InChI is InChI=1S/C24H37ClF5N5O/c25-16-9-18(27)11-19(10-16)31-23(33-22(36)14-2-1-3-15(8-14)24(28,29)30)32-21-12-20(34-35-21)13-4-6-17(26)7-5-13/h13-21,34-35H,1-12H2,(H2,31,32,33,36). The van der Waals surface area contributed by atoms with Crippen molar-refractivity contribution in [1.82, 2.24) is 21.5 Å². The van der Waals surface area contributed by atoms with Gasteiger partial charge in [0.25, 0.3) is 0 Å². The number of rotatable bonds is 4. The molecule has 0 aromatic carbocycles. The van der Waals surface area contributed by atoms with E-state index in [1.54, 1.807) is 0 Å². The van der Waals surface area contributed by atoms with E-state index in [1.807, 2.05) is 0 Å². The molecule has 7 atom stereocenters. The molecule has 0 spiro atoms. The number of aliphatic imine (C=N–C) groups is 1. The molecule has 3 aliphatic carbocycles. The molecule has 36 heavy (non-hydrogen) atoms. The van der Waals surface area contributed by atoms with E-state index in [9.17, 15) is 26.7 Å². The summed E-state index contributed by atoms with van der Waals surface area (Å²) in [6, 6.07) is -0.249. The number of alkyl halides is 6. The number of nitrogens with one attached hydrogen (secondary N) is 4. The maximum Gasteiger partial charge on any atom is 0.391 e. The highest BCUT2D eigenvalue weighted by molar-refractivity contribution is 6.20. The van der Waals surface area contributed by atoms with Crippen molar-refractivity contribution >= 4 is 23.5 Å². The topological polar surface area (TPSA) is 77.5 Å². The second-order valence-electron chi connectivity index (χ2n) is 11.0. The van der Waals surface area contributed by atoms with Crippen LogP contribution in [0.4, 0.5) is 22.0 Å². The van der Waals surface area contributed by atoms with Gasteiger partial charge in [0.2, 0.25) is 5.91 Å². The normalized spacial score (nSPS) is 40.6. The van der Waals surface area contributed by atoms with Gasteiger partial charge in [0.1, 0.15) is 18.5 Å². The monoisotopic (exact) mass is 541 g/mol. The zero-order chi connectivity index (χ0) is 25.9. The molecule has 4 N–H and O–H groups in total. The van der Waals surface area contributed by atoms with Crippen molar-refractivity contribution in [3.8, 4) is 0 Å². The lowest BCUT2D eigenvalue weighted by atomic mass is 9.80. The lowest BCUT2D eigenvalue weighted by molar-refractivity contribution is -0.186. The average Bonchev–Trinajstić information content (AvgIpc) is 3.26.